The maximum absolute atomic E-state index is 12.2. The Hall–Kier alpha value is -2.56. The van der Waals surface area contributed by atoms with Crippen LogP contribution in [0.15, 0.2) is 66.9 Å². The van der Waals surface area contributed by atoms with E-state index in [4.69, 9.17) is 27.9 Å². The van der Waals surface area contributed by atoms with Crippen LogP contribution in [0.4, 0.5) is 0 Å². The van der Waals surface area contributed by atoms with Gasteiger partial charge in [0.05, 0.1) is 15.7 Å². The molecule has 26 heavy (non-hydrogen) atoms. The molecule has 0 unspecified atom stereocenters. The van der Waals surface area contributed by atoms with Crippen LogP contribution in [0, 0.1) is 0 Å². The molecular formula is C20H16Cl2N2O2. The van der Waals surface area contributed by atoms with Gasteiger partial charge >= 0.3 is 0 Å². The zero-order valence-corrected chi connectivity index (χ0v) is 15.3. The van der Waals surface area contributed by atoms with Crippen molar-refractivity contribution in [3.05, 3.63) is 93.7 Å². The smallest absolute Gasteiger partial charge is 0.251 e. The lowest BCUT2D eigenvalue weighted by atomic mass is 10.2. The second kappa shape index (κ2) is 8.70. The maximum Gasteiger partial charge on any atom is 0.251 e. The second-order valence-corrected chi connectivity index (χ2v) is 6.38. The van der Waals surface area contributed by atoms with E-state index < -0.39 is 0 Å². The van der Waals surface area contributed by atoms with Crippen molar-refractivity contribution in [2.75, 3.05) is 0 Å². The van der Waals surface area contributed by atoms with Crippen LogP contribution < -0.4 is 10.1 Å². The van der Waals surface area contributed by atoms with Gasteiger partial charge in [0.2, 0.25) is 0 Å². The summed E-state index contributed by atoms with van der Waals surface area (Å²) in [5, 5.41) is 3.62. The van der Waals surface area contributed by atoms with E-state index in [-0.39, 0.29) is 5.91 Å². The van der Waals surface area contributed by atoms with E-state index in [1.807, 2.05) is 42.5 Å². The summed E-state index contributed by atoms with van der Waals surface area (Å²) in [7, 11) is 0. The standard InChI is InChI=1S/C20H16Cl2N2O2/c21-18-9-6-15(11-19(18)22)20(25)24-12-14-4-7-17(8-5-14)26-13-16-3-1-2-10-23-16/h1-11H,12-13H2,(H,24,25). The van der Waals surface area contributed by atoms with Gasteiger partial charge < -0.3 is 10.1 Å². The van der Waals surface area contributed by atoms with Crippen LogP contribution in [0.25, 0.3) is 0 Å². The number of rotatable bonds is 6. The van der Waals surface area contributed by atoms with Crippen LogP contribution in [0.3, 0.4) is 0 Å². The fraction of sp³-hybridized carbons (Fsp3) is 0.100. The number of carbonyl (C=O) groups is 1. The van der Waals surface area contributed by atoms with E-state index in [9.17, 15) is 4.79 Å². The van der Waals surface area contributed by atoms with Crippen molar-refractivity contribution in [3.63, 3.8) is 0 Å². The minimum absolute atomic E-state index is 0.209. The third kappa shape index (κ3) is 4.97. The van der Waals surface area contributed by atoms with Crippen molar-refractivity contribution in [2.24, 2.45) is 0 Å². The third-order valence-corrected chi connectivity index (χ3v) is 4.41. The monoisotopic (exact) mass is 386 g/mol. The van der Waals surface area contributed by atoms with Crippen LogP contribution in [-0.4, -0.2) is 10.9 Å². The fourth-order valence-corrected chi connectivity index (χ4v) is 2.56. The van der Waals surface area contributed by atoms with Crippen LogP contribution in [0.5, 0.6) is 5.75 Å². The first kappa shape index (κ1) is 18.2. The fourth-order valence-electron chi connectivity index (χ4n) is 2.27. The zero-order valence-electron chi connectivity index (χ0n) is 13.8. The van der Waals surface area contributed by atoms with Crippen LogP contribution in [0.1, 0.15) is 21.6 Å². The van der Waals surface area contributed by atoms with E-state index in [1.165, 1.54) is 0 Å². The molecule has 1 amide bonds. The van der Waals surface area contributed by atoms with Crippen molar-refractivity contribution in [3.8, 4) is 5.75 Å². The molecule has 6 heteroatoms. The Balaban J connectivity index is 1.52. The first-order valence-corrected chi connectivity index (χ1v) is 8.72. The summed E-state index contributed by atoms with van der Waals surface area (Å²) in [6.45, 7) is 0.813. The highest BCUT2D eigenvalue weighted by Gasteiger charge is 2.08. The van der Waals surface area contributed by atoms with Gasteiger partial charge in [0.1, 0.15) is 12.4 Å². The summed E-state index contributed by atoms with van der Waals surface area (Å²) < 4.78 is 5.69. The second-order valence-electron chi connectivity index (χ2n) is 5.57. The normalized spacial score (nSPS) is 10.4. The molecular weight excluding hydrogens is 371 g/mol. The molecule has 3 rings (SSSR count). The number of amides is 1. The molecule has 0 aliphatic rings. The van der Waals surface area contributed by atoms with E-state index in [0.29, 0.717) is 28.8 Å². The molecule has 0 saturated heterocycles. The predicted octanol–water partition coefficient (Wildman–Crippen LogP) is 4.90. The highest BCUT2D eigenvalue weighted by Crippen LogP contribution is 2.22. The predicted molar refractivity (Wildman–Crippen MR) is 103 cm³/mol. The van der Waals surface area contributed by atoms with Gasteiger partial charge in [-0.3, -0.25) is 9.78 Å². The Morgan fingerprint density at radius 2 is 1.81 bits per heavy atom. The largest absolute Gasteiger partial charge is 0.487 e. The van der Waals surface area contributed by atoms with Crippen molar-refractivity contribution in [1.82, 2.24) is 10.3 Å². The van der Waals surface area contributed by atoms with Gasteiger partial charge in [0, 0.05) is 18.3 Å². The lowest BCUT2D eigenvalue weighted by Crippen LogP contribution is -2.22. The molecule has 2 aromatic carbocycles. The number of pyridine rings is 1. The number of hydrogen-bond acceptors (Lipinski definition) is 3. The summed E-state index contributed by atoms with van der Waals surface area (Å²) >= 11 is 11.8. The van der Waals surface area contributed by atoms with Gasteiger partial charge in [-0.15, -0.1) is 0 Å². The Morgan fingerprint density at radius 3 is 2.50 bits per heavy atom. The summed E-state index contributed by atoms with van der Waals surface area (Å²) in [4.78, 5) is 16.4. The molecule has 0 fully saturated rings. The number of benzene rings is 2. The Kier molecular flexibility index (Phi) is 6.10. The number of hydrogen-bond donors (Lipinski definition) is 1. The van der Waals surface area contributed by atoms with Gasteiger partial charge in [0.25, 0.3) is 5.91 Å². The minimum atomic E-state index is -0.209. The summed E-state index contributed by atoms with van der Waals surface area (Å²) in [5.74, 6) is 0.536. The molecule has 0 saturated carbocycles. The molecule has 1 heterocycles. The van der Waals surface area contributed by atoms with E-state index in [2.05, 4.69) is 10.3 Å². The number of nitrogens with one attached hydrogen (secondary N) is 1. The number of aromatic nitrogens is 1. The minimum Gasteiger partial charge on any atom is -0.487 e. The van der Waals surface area contributed by atoms with Crippen molar-refractivity contribution < 1.29 is 9.53 Å². The molecule has 0 spiro atoms. The lowest BCUT2D eigenvalue weighted by Gasteiger charge is -2.08. The summed E-state index contributed by atoms with van der Waals surface area (Å²) in [6, 6.07) is 18.0. The Morgan fingerprint density at radius 1 is 1.00 bits per heavy atom. The number of ether oxygens (including phenoxy) is 1. The molecule has 0 atom stereocenters. The van der Waals surface area contributed by atoms with Crippen molar-refractivity contribution in [1.29, 1.82) is 0 Å². The quantitative estimate of drug-likeness (QED) is 0.655. The SMILES string of the molecule is O=C(NCc1ccc(OCc2ccccn2)cc1)c1ccc(Cl)c(Cl)c1. The van der Waals surface area contributed by atoms with Gasteiger partial charge in [-0.2, -0.15) is 0 Å². The van der Waals surface area contributed by atoms with E-state index >= 15 is 0 Å². The topological polar surface area (TPSA) is 51.2 Å². The number of nitrogens with zero attached hydrogens (tertiary/aromatic N) is 1. The van der Waals surface area contributed by atoms with Crippen LogP contribution in [-0.2, 0) is 13.2 Å². The molecule has 1 N–H and O–H groups in total. The molecule has 0 aliphatic carbocycles. The highest BCUT2D eigenvalue weighted by atomic mass is 35.5. The molecule has 0 radical (unpaired) electrons. The average Bonchev–Trinajstić information content (AvgIpc) is 2.68. The summed E-state index contributed by atoms with van der Waals surface area (Å²) in [5.41, 5.74) is 2.30. The zero-order chi connectivity index (χ0) is 18.4. The molecule has 132 valence electrons. The highest BCUT2D eigenvalue weighted by molar-refractivity contribution is 6.42. The number of carbonyl (C=O) groups excluding carboxylic acids is 1. The molecule has 4 nitrogen and oxygen atoms in total. The van der Waals surface area contributed by atoms with Crippen molar-refractivity contribution in [2.45, 2.75) is 13.2 Å². The lowest BCUT2D eigenvalue weighted by molar-refractivity contribution is 0.0951. The maximum atomic E-state index is 12.2. The summed E-state index contributed by atoms with van der Waals surface area (Å²) in [6.07, 6.45) is 1.73. The van der Waals surface area contributed by atoms with Crippen LogP contribution >= 0.6 is 23.2 Å². The molecule has 1 aromatic heterocycles. The Labute approximate surface area is 161 Å². The molecule has 0 aliphatic heterocycles. The van der Waals surface area contributed by atoms with Gasteiger partial charge in [-0.25, -0.2) is 0 Å². The van der Waals surface area contributed by atoms with Crippen molar-refractivity contribution >= 4 is 29.1 Å². The van der Waals surface area contributed by atoms with E-state index in [0.717, 1.165) is 17.0 Å². The Bertz CT molecular complexity index is 884. The first-order valence-electron chi connectivity index (χ1n) is 7.97. The van der Waals surface area contributed by atoms with Gasteiger partial charge in [0.15, 0.2) is 0 Å². The van der Waals surface area contributed by atoms with Gasteiger partial charge in [-0.1, -0.05) is 41.4 Å². The third-order valence-electron chi connectivity index (χ3n) is 3.67. The average molecular weight is 387 g/mol. The first-order chi connectivity index (χ1) is 12.6. The molecule has 0 bridgehead atoms. The van der Waals surface area contributed by atoms with E-state index in [1.54, 1.807) is 24.4 Å². The van der Waals surface area contributed by atoms with Crippen LogP contribution in [0.2, 0.25) is 10.0 Å². The molecule has 3 aromatic rings. The van der Waals surface area contributed by atoms with Gasteiger partial charge in [-0.05, 0) is 48.0 Å². The number of halogens is 2.